The third kappa shape index (κ3) is 3.89. The summed E-state index contributed by atoms with van der Waals surface area (Å²) in [5.74, 6) is 1.70. The van der Waals surface area contributed by atoms with Crippen LogP contribution >= 0.6 is 11.6 Å². The van der Waals surface area contributed by atoms with Crippen LogP contribution in [0.25, 0.3) is 0 Å². The fourth-order valence-electron chi connectivity index (χ4n) is 2.57. The van der Waals surface area contributed by atoms with Crippen LogP contribution in [0.2, 0.25) is 5.02 Å². The van der Waals surface area contributed by atoms with Gasteiger partial charge < -0.3 is 10.2 Å². The van der Waals surface area contributed by atoms with E-state index >= 15 is 0 Å². The first-order valence-corrected chi connectivity index (χ1v) is 7.25. The van der Waals surface area contributed by atoms with Crippen LogP contribution in [0.4, 0.5) is 5.69 Å². The summed E-state index contributed by atoms with van der Waals surface area (Å²) >= 11 is 5.95. The van der Waals surface area contributed by atoms with Crippen LogP contribution in [0, 0.1) is 11.8 Å². The summed E-state index contributed by atoms with van der Waals surface area (Å²) in [6.45, 7) is 9.28. The average molecular weight is 267 g/mol. The van der Waals surface area contributed by atoms with Gasteiger partial charge in [0.25, 0.3) is 0 Å². The maximum atomic E-state index is 5.95. The van der Waals surface area contributed by atoms with Crippen molar-refractivity contribution in [2.75, 3.05) is 31.5 Å². The van der Waals surface area contributed by atoms with Crippen molar-refractivity contribution in [2.45, 2.75) is 20.3 Å². The highest BCUT2D eigenvalue weighted by atomic mass is 35.5. The Hall–Kier alpha value is -0.730. The van der Waals surface area contributed by atoms with Gasteiger partial charge in [0.05, 0.1) is 0 Å². The molecule has 0 spiro atoms. The summed E-state index contributed by atoms with van der Waals surface area (Å²) in [6, 6.07) is 7.92. The largest absolute Gasteiger partial charge is 0.384 e. The number of halogens is 1. The Morgan fingerprint density at radius 2 is 2.28 bits per heavy atom. The number of nitrogens with zero attached hydrogens (tertiary/aromatic N) is 1. The smallest absolute Gasteiger partial charge is 0.0426 e. The van der Waals surface area contributed by atoms with E-state index in [4.69, 9.17) is 11.6 Å². The van der Waals surface area contributed by atoms with Gasteiger partial charge in [0, 0.05) is 30.3 Å². The van der Waals surface area contributed by atoms with E-state index < -0.39 is 0 Å². The lowest BCUT2D eigenvalue weighted by atomic mass is 9.95. The van der Waals surface area contributed by atoms with Crippen molar-refractivity contribution >= 4 is 17.3 Å². The van der Waals surface area contributed by atoms with E-state index in [0.29, 0.717) is 0 Å². The number of rotatable bonds is 5. The van der Waals surface area contributed by atoms with Crippen LogP contribution in [0.1, 0.15) is 20.3 Å². The molecule has 3 heteroatoms. The molecular weight excluding hydrogens is 244 g/mol. The van der Waals surface area contributed by atoms with E-state index in [0.717, 1.165) is 35.6 Å². The van der Waals surface area contributed by atoms with Gasteiger partial charge in [-0.3, -0.25) is 0 Å². The first-order chi connectivity index (χ1) is 8.65. The summed E-state index contributed by atoms with van der Waals surface area (Å²) < 4.78 is 0. The number of hydrogen-bond acceptors (Lipinski definition) is 2. The van der Waals surface area contributed by atoms with Gasteiger partial charge in [-0.1, -0.05) is 31.5 Å². The predicted octanol–water partition coefficient (Wildman–Crippen LogP) is 3.73. The van der Waals surface area contributed by atoms with Crippen LogP contribution in [0.3, 0.4) is 0 Å². The molecule has 2 nitrogen and oxygen atoms in total. The highest BCUT2D eigenvalue weighted by Gasteiger charge is 2.23. The average Bonchev–Trinajstić information content (AvgIpc) is 2.78. The van der Waals surface area contributed by atoms with E-state index in [9.17, 15) is 0 Å². The monoisotopic (exact) mass is 266 g/mol. The standard InChI is InChI=1S/C15H23ClN2/c1-12(2)13-6-8-18(11-13)9-7-17-15-5-3-4-14(16)10-15/h3-5,10,12-13,17H,6-9,11H2,1-2H3. The van der Waals surface area contributed by atoms with Gasteiger partial charge in [0.1, 0.15) is 0 Å². The molecule has 0 radical (unpaired) electrons. The molecule has 100 valence electrons. The van der Waals surface area contributed by atoms with Gasteiger partial charge in [0.2, 0.25) is 0 Å². The van der Waals surface area contributed by atoms with Crippen molar-refractivity contribution in [3.05, 3.63) is 29.3 Å². The lowest BCUT2D eigenvalue weighted by molar-refractivity contribution is 0.313. The first kappa shape index (κ1) is 13.7. The van der Waals surface area contributed by atoms with E-state index in [1.165, 1.54) is 19.5 Å². The predicted molar refractivity (Wildman–Crippen MR) is 79.3 cm³/mol. The molecular formula is C15H23ClN2. The molecule has 1 heterocycles. The molecule has 1 N–H and O–H groups in total. The summed E-state index contributed by atoms with van der Waals surface area (Å²) in [7, 11) is 0. The van der Waals surface area contributed by atoms with Crippen LogP contribution in [0.5, 0.6) is 0 Å². The van der Waals surface area contributed by atoms with E-state index in [2.05, 4.69) is 30.1 Å². The molecule has 18 heavy (non-hydrogen) atoms. The lowest BCUT2D eigenvalue weighted by Crippen LogP contribution is -2.27. The molecule has 0 saturated carbocycles. The molecule has 1 saturated heterocycles. The molecule has 1 unspecified atom stereocenters. The Balaban J connectivity index is 1.70. The Morgan fingerprint density at radius 3 is 2.94 bits per heavy atom. The molecule has 1 atom stereocenters. The summed E-state index contributed by atoms with van der Waals surface area (Å²) in [5.41, 5.74) is 1.11. The molecule has 0 aliphatic carbocycles. The van der Waals surface area contributed by atoms with E-state index in [1.807, 2.05) is 18.2 Å². The molecule has 0 amide bonds. The van der Waals surface area contributed by atoms with Crippen molar-refractivity contribution in [1.82, 2.24) is 4.90 Å². The maximum Gasteiger partial charge on any atom is 0.0426 e. The normalized spacial score (nSPS) is 20.6. The fourth-order valence-corrected chi connectivity index (χ4v) is 2.76. The summed E-state index contributed by atoms with van der Waals surface area (Å²) in [4.78, 5) is 2.56. The molecule has 1 aromatic carbocycles. The summed E-state index contributed by atoms with van der Waals surface area (Å²) in [5, 5.41) is 4.22. The molecule has 1 aromatic rings. The minimum absolute atomic E-state index is 0.793. The van der Waals surface area contributed by atoms with Crippen LogP contribution < -0.4 is 5.32 Å². The van der Waals surface area contributed by atoms with Gasteiger partial charge in [-0.2, -0.15) is 0 Å². The SMILES string of the molecule is CC(C)C1CCN(CCNc2cccc(Cl)c2)C1. The van der Waals surface area contributed by atoms with Gasteiger partial charge in [-0.05, 0) is 43.0 Å². The Labute approximate surface area is 115 Å². The molecule has 1 fully saturated rings. The number of nitrogens with one attached hydrogen (secondary N) is 1. The third-order valence-corrected chi connectivity index (χ3v) is 4.07. The summed E-state index contributed by atoms with van der Waals surface area (Å²) in [6.07, 6.45) is 1.36. The fraction of sp³-hybridized carbons (Fsp3) is 0.600. The third-order valence-electron chi connectivity index (χ3n) is 3.83. The zero-order valence-electron chi connectivity index (χ0n) is 11.3. The topological polar surface area (TPSA) is 15.3 Å². The van der Waals surface area contributed by atoms with Crippen molar-refractivity contribution in [1.29, 1.82) is 0 Å². The molecule has 0 aromatic heterocycles. The second kappa shape index (κ2) is 6.44. The van der Waals surface area contributed by atoms with Crippen LogP contribution in [0.15, 0.2) is 24.3 Å². The molecule has 2 rings (SSSR count). The number of hydrogen-bond donors (Lipinski definition) is 1. The Morgan fingerprint density at radius 1 is 1.44 bits per heavy atom. The van der Waals surface area contributed by atoms with E-state index in [-0.39, 0.29) is 0 Å². The van der Waals surface area contributed by atoms with Crippen molar-refractivity contribution in [3.8, 4) is 0 Å². The lowest BCUT2D eigenvalue weighted by Gasteiger charge is -2.18. The Bertz CT molecular complexity index is 379. The zero-order chi connectivity index (χ0) is 13.0. The van der Waals surface area contributed by atoms with Crippen molar-refractivity contribution < 1.29 is 0 Å². The maximum absolute atomic E-state index is 5.95. The number of benzene rings is 1. The highest BCUT2D eigenvalue weighted by molar-refractivity contribution is 6.30. The van der Waals surface area contributed by atoms with Gasteiger partial charge in [0.15, 0.2) is 0 Å². The Kier molecular flexibility index (Phi) is 4.90. The highest BCUT2D eigenvalue weighted by Crippen LogP contribution is 2.23. The zero-order valence-corrected chi connectivity index (χ0v) is 12.1. The van der Waals surface area contributed by atoms with Crippen LogP contribution in [-0.4, -0.2) is 31.1 Å². The first-order valence-electron chi connectivity index (χ1n) is 6.87. The number of likely N-dealkylation sites (tertiary alicyclic amines) is 1. The molecule has 1 aliphatic heterocycles. The van der Waals surface area contributed by atoms with Gasteiger partial charge >= 0.3 is 0 Å². The van der Waals surface area contributed by atoms with Gasteiger partial charge in [-0.15, -0.1) is 0 Å². The van der Waals surface area contributed by atoms with Crippen molar-refractivity contribution in [2.24, 2.45) is 11.8 Å². The minimum atomic E-state index is 0.793. The quantitative estimate of drug-likeness (QED) is 0.874. The van der Waals surface area contributed by atoms with Crippen molar-refractivity contribution in [3.63, 3.8) is 0 Å². The van der Waals surface area contributed by atoms with E-state index in [1.54, 1.807) is 0 Å². The second-order valence-corrected chi connectivity index (χ2v) is 5.97. The number of anilines is 1. The minimum Gasteiger partial charge on any atom is -0.384 e. The van der Waals surface area contributed by atoms with Gasteiger partial charge in [-0.25, -0.2) is 0 Å². The molecule has 0 bridgehead atoms. The molecule has 1 aliphatic rings. The van der Waals surface area contributed by atoms with Crippen LogP contribution in [-0.2, 0) is 0 Å². The second-order valence-electron chi connectivity index (χ2n) is 5.53.